The molecule has 0 aliphatic carbocycles. The number of benzene rings is 3. The van der Waals surface area contributed by atoms with E-state index >= 15 is 0 Å². The fourth-order valence-corrected chi connectivity index (χ4v) is 17.2. The molecular weight excluding hydrogens is 485 g/mol. The summed E-state index contributed by atoms with van der Waals surface area (Å²) in [6.07, 6.45) is 0. The van der Waals surface area contributed by atoms with Crippen LogP contribution in [0.1, 0.15) is 0 Å². The van der Waals surface area contributed by atoms with Crippen molar-refractivity contribution >= 4 is 79.2 Å². The van der Waals surface area contributed by atoms with E-state index in [0.717, 1.165) is 32.1 Å². The second-order valence-corrected chi connectivity index (χ2v) is 15.5. The Morgan fingerprint density at radius 1 is 0.467 bits per heavy atom. The van der Waals surface area contributed by atoms with Crippen LogP contribution < -0.4 is 12.7 Å². The second-order valence-electron chi connectivity index (χ2n) is 7.00. The third-order valence-corrected chi connectivity index (χ3v) is 17.3. The van der Waals surface area contributed by atoms with Crippen molar-refractivity contribution in [3.8, 4) is 0 Å². The Morgan fingerprint density at radius 2 is 0.700 bits per heavy atom. The molecule has 9 heteroatoms. The summed E-state index contributed by atoms with van der Waals surface area (Å²) in [4.78, 5) is 0. The highest BCUT2D eigenvalue weighted by Gasteiger charge is 2.47. The van der Waals surface area contributed by atoms with Crippen LogP contribution in [0.2, 0.25) is 34.7 Å². The van der Waals surface area contributed by atoms with Gasteiger partial charge in [0.25, 0.3) is 27.4 Å². The first-order chi connectivity index (χ1) is 14.4. The number of anilines is 3. The SMILES string of the molecule is C[Si]1N(c2ccccc2Cl)[Si](C)N(c2ccccc2Cl)[Si](C)N1c1ccccc1Cl. The third kappa shape index (κ3) is 3.81. The van der Waals surface area contributed by atoms with Crippen molar-refractivity contribution in [2.45, 2.75) is 19.6 Å². The Kier molecular flexibility index (Phi) is 6.53. The van der Waals surface area contributed by atoms with E-state index in [1.807, 2.05) is 36.4 Å². The molecule has 4 rings (SSSR count). The van der Waals surface area contributed by atoms with E-state index in [4.69, 9.17) is 34.8 Å². The van der Waals surface area contributed by atoms with Gasteiger partial charge in [-0.2, -0.15) is 0 Å². The first-order valence-corrected chi connectivity index (χ1v) is 16.4. The van der Waals surface area contributed by atoms with E-state index in [9.17, 15) is 0 Å². The van der Waals surface area contributed by atoms with Crippen molar-refractivity contribution in [2.24, 2.45) is 0 Å². The monoisotopic (exact) mass is 504 g/mol. The van der Waals surface area contributed by atoms with Crippen LogP contribution in [0.3, 0.4) is 0 Å². The quantitative estimate of drug-likeness (QED) is 0.361. The lowest BCUT2D eigenvalue weighted by Crippen LogP contribution is -2.76. The van der Waals surface area contributed by atoms with Crippen molar-refractivity contribution in [2.75, 3.05) is 12.7 Å². The fraction of sp³-hybridized carbons (Fsp3) is 0.143. The van der Waals surface area contributed by atoms with Crippen LogP contribution in [-0.2, 0) is 0 Å². The van der Waals surface area contributed by atoms with Crippen LogP contribution in [0, 0.1) is 0 Å². The third-order valence-electron chi connectivity index (χ3n) is 5.22. The lowest BCUT2D eigenvalue weighted by Gasteiger charge is -2.55. The molecule has 1 saturated heterocycles. The highest BCUT2D eigenvalue weighted by Crippen LogP contribution is 2.39. The molecule has 30 heavy (non-hydrogen) atoms. The summed E-state index contributed by atoms with van der Waals surface area (Å²) in [6, 6.07) is 24.3. The molecule has 0 unspecified atom stereocenters. The largest absolute Gasteiger partial charge is 0.391 e. The number of rotatable bonds is 3. The molecule has 0 atom stereocenters. The molecular formula is C21H21Cl3N3Si3. The molecule has 0 spiro atoms. The predicted octanol–water partition coefficient (Wildman–Crippen LogP) is 6.83. The number of para-hydroxylation sites is 3. The molecule has 0 N–H and O–H groups in total. The van der Waals surface area contributed by atoms with Crippen LogP contribution >= 0.6 is 34.8 Å². The zero-order valence-electron chi connectivity index (χ0n) is 16.9. The summed E-state index contributed by atoms with van der Waals surface area (Å²) in [5.41, 5.74) is 3.24. The zero-order valence-corrected chi connectivity index (χ0v) is 22.2. The average Bonchev–Trinajstić information content (AvgIpc) is 2.72. The van der Waals surface area contributed by atoms with E-state index in [0.29, 0.717) is 0 Å². The smallest absolute Gasteiger partial charge is 0.279 e. The van der Waals surface area contributed by atoms with E-state index in [1.54, 1.807) is 0 Å². The normalized spacial score (nSPS) is 16.4. The highest BCUT2D eigenvalue weighted by atomic mass is 35.5. The molecule has 0 amide bonds. The molecule has 3 aromatic rings. The molecule has 1 aliphatic heterocycles. The minimum atomic E-state index is -1.16. The summed E-state index contributed by atoms with van der Waals surface area (Å²) in [6.45, 7) is 7.01. The number of halogens is 3. The molecule has 1 fully saturated rings. The second kappa shape index (κ2) is 8.98. The molecule has 1 heterocycles. The first-order valence-electron chi connectivity index (χ1n) is 9.56. The highest BCUT2D eigenvalue weighted by molar-refractivity contribution is 7.04. The van der Waals surface area contributed by atoms with Crippen LogP contribution in [0.15, 0.2) is 72.8 Å². The van der Waals surface area contributed by atoms with Crippen LogP contribution in [0.4, 0.5) is 17.1 Å². The minimum Gasteiger partial charge on any atom is -0.391 e. The van der Waals surface area contributed by atoms with Crippen LogP contribution in [0.25, 0.3) is 0 Å². The molecule has 0 saturated carbocycles. The van der Waals surface area contributed by atoms with E-state index < -0.39 is 27.4 Å². The van der Waals surface area contributed by atoms with Gasteiger partial charge in [-0.15, -0.1) is 0 Å². The van der Waals surface area contributed by atoms with Crippen molar-refractivity contribution < 1.29 is 0 Å². The van der Waals surface area contributed by atoms with E-state index in [1.165, 1.54) is 0 Å². The summed E-state index contributed by atoms with van der Waals surface area (Å²) in [5, 5.41) is 2.32. The zero-order chi connectivity index (χ0) is 21.4. The van der Waals surface area contributed by atoms with Gasteiger partial charge >= 0.3 is 0 Å². The maximum absolute atomic E-state index is 6.68. The summed E-state index contributed by atoms with van der Waals surface area (Å²) in [5.74, 6) is 0. The van der Waals surface area contributed by atoms with Gasteiger partial charge in [0.1, 0.15) is 0 Å². The van der Waals surface area contributed by atoms with Crippen LogP contribution in [-0.4, -0.2) is 27.4 Å². The van der Waals surface area contributed by atoms with Gasteiger partial charge in [0.15, 0.2) is 0 Å². The lowest BCUT2D eigenvalue weighted by molar-refractivity contribution is 1.26. The Bertz CT molecular complexity index is 911. The molecule has 3 radical (unpaired) electrons. The van der Waals surface area contributed by atoms with Crippen molar-refractivity contribution in [1.82, 2.24) is 0 Å². The fourth-order valence-electron chi connectivity index (χ4n) is 3.95. The predicted molar refractivity (Wildman–Crippen MR) is 137 cm³/mol. The molecule has 153 valence electrons. The van der Waals surface area contributed by atoms with Gasteiger partial charge in [-0.05, 0) is 56.0 Å². The molecule has 3 aromatic carbocycles. The number of hydrogen-bond donors (Lipinski definition) is 0. The Balaban J connectivity index is 1.90. The van der Waals surface area contributed by atoms with Gasteiger partial charge in [-0.25, -0.2) is 0 Å². The van der Waals surface area contributed by atoms with Gasteiger partial charge in [0.2, 0.25) is 0 Å². The van der Waals surface area contributed by atoms with Gasteiger partial charge < -0.3 is 12.7 Å². The van der Waals surface area contributed by atoms with Gasteiger partial charge in [0, 0.05) is 17.1 Å². The summed E-state index contributed by atoms with van der Waals surface area (Å²) in [7, 11) is -3.49. The van der Waals surface area contributed by atoms with Gasteiger partial charge in [-0.1, -0.05) is 71.2 Å². The number of hydrogen-bond acceptors (Lipinski definition) is 3. The molecule has 3 nitrogen and oxygen atoms in total. The Labute approximate surface area is 198 Å². The van der Waals surface area contributed by atoms with Gasteiger partial charge in [0.05, 0.1) is 15.1 Å². The maximum atomic E-state index is 6.68. The minimum absolute atomic E-state index is 0.774. The molecule has 0 bridgehead atoms. The van der Waals surface area contributed by atoms with Crippen LogP contribution in [0.5, 0.6) is 0 Å². The maximum Gasteiger partial charge on any atom is 0.279 e. The molecule has 1 aliphatic rings. The van der Waals surface area contributed by atoms with Crippen molar-refractivity contribution in [1.29, 1.82) is 0 Å². The standard InChI is InChI=1S/C21H21Cl3N3Si3/c1-28-25(19-13-7-4-10-16(19)22)29(2)27(21-15-9-6-12-18(21)24)30(3)26(28)20-14-8-5-11-17(20)23/h4-15H,1-3H3. The topological polar surface area (TPSA) is 9.72 Å². The molecule has 0 aromatic heterocycles. The lowest BCUT2D eigenvalue weighted by atomic mass is 10.3. The van der Waals surface area contributed by atoms with E-state index in [-0.39, 0.29) is 0 Å². The van der Waals surface area contributed by atoms with Gasteiger partial charge in [-0.3, -0.25) is 0 Å². The Hall–Kier alpha value is -1.42. The summed E-state index contributed by atoms with van der Waals surface area (Å²) < 4.78 is 7.63. The number of nitrogens with zero attached hydrogens (tertiary/aromatic N) is 3. The Morgan fingerprint density at radius 3 is 0.933 bits per heavy atom. The van der Waals surface area contributed by atoms with E-state index in [2.05, 4.69) is 68.7 Å². The first kappa shape index (κ1) is 21.8. The summed E-state index contributed by atoms with van der Waals surface area (Å²) >= 11 is 20.1. The van der Waals surface area contributed by atoms with Crippen molar-refractivity contribution in [3.63, 3.8) is 0 Å². The average molecular weight is 506 g/mol. The van der Waals surface area contributed by atoms with Crippen molar-refractivity contribution in [3.05, 3.63) is 87.9 Å².